The molecule has 0 heterocycles. The number of aliphatic hydroxyl groups is 1. The van der Waals surface area contributed by atoms with E-state index in [1.54, 1.807) is 13.0 Å². The Morgan fingerprint density at radius 3 is 2.53 bits per heavy atom. The van der Waals surface area contributed by atoms with Crippen LogP contribution in [0.15, 0.2) is 24.3 Å². The molecule has 0 radical (unpaired) electrons. The number of aliphatic hydroxyl groups excluding tert-OH is 1. The van der Waals surface area contributed by atoms with Gasteiger partial charge in [0.25, 0.3) is 5.91 Å². The van der Waals surface area contributed by atoms with Gasteiger partial charge in [-0.15, -0.1) is 0 Å². The van der Waals surface area contributed by atoms with Gasteiger partial charge in [0.15, 0.2) is 6.10 Å². The lowest BCUT2D eigenvalue weighted by molar-refractivity contribution is -0.127. The topological polar surface area (TPSA) is 58.6 Å². The van der Waals surface area contributed by atoms with Gasteiger partial charge in [-0.1, -0.05) is 25.1 Å². The third kappa shape index (κ3) is 4.56. The number of hydrogen-bond acceptors (Lipinski definition) is 3. The zero-order valence-electron chi connectivity index (χ0n) is 12.0. The minimum Gasteiger partial charge on any atom is -0.481 e. The second kappa shape index (κ2) is 7.14. The molecule has 4 nitrogen and oxygen atoms in total. The van der Waals surface area contributed by atoms with Crippen molar-refractivity contribution in [1.29, 1.82) is 0 Å². The first-order valence-electron chi connectivity index (χ1n) is 6.69. The molecule has 1 rings (SSSR count). The maximum atomic E-state index is 11.8. The molecular weight excluding hydrogens is 242 g/mol. The Kier molecular flexibility index (Phi) is 5.83. The van der Waals surface area contributed by atoms with E-state index in [-0.39, 0.29) is 11.9 Å². The summed E-state index contributed by atoms with van der Waals surface area (Å²) < 4.78 is 5.66. The lowest BCUT2D eigenvalue weighted by Gasteiger charge is -2.20. The first-order chi connectivity index (χ1) is 8.95. The zero-order chi connectivity index (χ0) is 14.4. The van der Waals surface area contributed by atoms with Crippen LogP contribution in [0.1, 0.15) is 45.8 Å². The highest BCUT2D eigenvalue weighted by atomic mass is 16.5. The van der Waals surface area contributed by atoms with Gasteiger partial charge in [0.05, 0.1) is 6.10 Å². The third-order valence-corrected chi connectivity index (χ3v) is 2.77. The first-order valence-corrected chi connectivity index (χ1v) is 6.69. The SMILES string of the molecule is CC[C@H](O)c1ccccc1OC(C)C(=O)NC(C)C. The minimum absolute atomic E-state index is 0.0787. The fourth-order valence-electron chi connectivity index (χ4n) is 1.73. The minimum atomic E-state index is -0.590. The van der Waals surface area contributed by atoms with Gasteiger partial charge < -0.3 is 15.2 Å². The molecule has 19 heavy (non-hydrogen) atoms. The van der Waals surface area contributed by atoms with E-state index >= 15 is 0 Å². The number of nitrogens with one attached hydrogen (secondary N) is 1. The molecule has 106 valence electrons. The normalized spacial score (nSPS) is 14.0. The molecule has 0 saturated heterocycles. The molecule has 0 aliphatic rings. The Labute approximate surface area is 114 Å². The summed E-state index contributed by atoms with van der Waals surface area (Å²) in [5.74, 6) is 0.402. The van der Waals surface area contributed by atoms with Crippen molar-refractivity contribution in [3.05, 3.63) is 29.8 Å². The smallest absolute Gasteiger partial charge is 0.260 e. The van der Waals surface area contributed by atoms with Crippen molar-refractivity contribution in [1.82, 2.24) is 5.32 Å². The van der Waals surface area contributed by atoms with Crippen LogP contribution in [0.5, 0.6) is 5.75 Å². The van der Waals surface area contributed by atoms with E-state index in [0.29, 0.717) is 17.7 Å². The fraction of sp³-hybridized carbons (Fsp3) is 0.533. The van der Waals surface area contributed by atoms with Gasteiger partial charge in [-0.2, -0.15) is 0 Å². The largest absolute Gasteiger partial charge is 0.481 e. The molecular formula is C15H23NO3. The zero-order valence-corrected chi connectivity index (χ0v) is 12.0. The third-order valence-electron chi connectivity index (χ3n) is 2.77. The average molecular weight is 265 g/mol. The number of amides is 1. The van der Waals surface area contributed by atoms with Crippen molar-refractivity contribution in [3.63, 3.8) is 0 Å². The maximum Gasteiger partial charge on any atom is 0.260 e. The van der Waals surface area contributed by atoms with Gasteiger partial charge in [0.2, 0.25) is 0 Å². The monoisotopic (exact) mass is 265 g/mol. The van der Waals surface area contributed by atoms with Crippen molar-refractivity contribution < 1.29 is 14.6 Å². The second-order valence-corrected chi connectivity index (χ2v) is 4.89. The Balaban J connectivity index is 2.79. The summed E-state index contributed by atoms with van der Waals surface area (Å²) in [5.41, 5.74) is 0.717. The number of hydrogen-bond donors (Lipinski definition) is 2. The van der Waals surface area contributed by atoms with Crippen LogP contribution in [0, 0.1) is 0 Å². The summed E-state index contributed by atoms with van der Waals surface area (Å²) in [5, 5.41) is 12.7. The predicted molar refractivity (Wildman–Crippen MR) is 75.1 cm³/mol. The van der Waals surface area contributed by atoms with Crippen LogP contribution in [0.3, 0.4) is 0 Å². The quantitative estimate of drug-likeness (QED) is 0.830. The van der Waals surface area contributed by atoms with Crippen molar-refractivity contribution in [2.45, 2.75) is 52.4 Å². The molecule has 1 amide bonds. The first kappa shape index (κ1) is 15.5. The van der Waals surface area contributed by atoms with E-state index in [0.717, 1.165) is 0 Å². The fourth-order valence-corrected chi connectivity index (χ4v) is 1.73. The molecule has 0 aliphatic carbocycles. The molecule has 1 aromatic carbocycles. The summed E-state index contributed by atoms with van der Waals surface area (Å²) in [7, 11) is 0. The Bertz CT molecular complexity index is 418. The van der Waals surface area contributed by atoms with Crippen molar-refractivity contribution >= 4 is 5.91 Å². The Morgan fingerprint density at radius 1 is 1.32 bits per heavy atom. The molecule has 2 N–H and O–H groups in total. The molecule has 0 aromatic heterocycles. The van der Waals surface area contributed by atoms with Crippen LogP contribution in [0.4, 0.5) is 0 Å². The summed E-state index contributed by atoms with van der Waals surface area (Å²) >= 11 is 0. The van der Waals surface area contributed by atoms with E-state index in [2.05, 4.69) is 5.32 Å². The van der Waals surface area contributed by atoms with Crippen molar-refractivity contribution in [2.24, 2.45) is 0 Å². The summed E-state index contributed by atoms with van der Waals surface area (Å²) in [6.45, 7) is 7.40. The molecule has 0 saturated carbocycles. The predicted octanol–water partition coefficient (Wildman–Crippen LogP) is 2.42. The van der Waals surface area contributed by atoms with Gasteiger partial charge >= 0.3 is 0 Å². The lowest BCUT2D eigenvalue weighted by atomic mass is 10.1. The Morgan fingerprint density at radius 2 is 1.95 bits per heavy atom. The second-order valence-electron chi connectivity index (χ2n) is 4.89. The summed E-state index contributed by atoms with van der Waals surface area (Å²) in [6, 6.07) is 7.34. The van der Waals surface area contributed by atoms with Crippen molar-refractivity contribution in [3.8, 4) is 5.75 Å². The van der Waals surface area contributed by atoms with Crippen molar-refractivity contribution in [2.75, 3.05) is 0 Å². The highest BCUT2D eigenvalue weighted by Gasteiger charge is 2.18. The average Bonchev–Trinajstić information content (AvgIpc) is 2.37. The van der Waals surface area contributed by atoms with Crippen LogP contribution in [-0.2, 0) is 4.79 Å². The van der Waals surface area contributed by atoms with E-state index in [4.69, 9.17) is 4.74 Å². The number of rotatable bonds is 6. The standard InChI is InChI=1S/C15H23NO3/c1-5-13(17)12-8-6-7-9-14(12)19-11(4)15(18)16-10(2)3/h6-11,13,17H,5H2,1-4H3,(H,16,18)/t11?,13-/m0/s1. The highest BCUT2D eigenvalue weighted by molar-refractivity contribution is 5.80. The molecule has 0 spiro atoms. The van der Waals surface area contributed by atoms with E-state index in [9.17, 15) is 9.90 Å². The van der Waals surface area contributed by atoms with Crippen LogP contribution < -0.4 is 10.1 Å². The molecule has 1 unspecified atom stereocenters. The van der Waals surface area contributed by atoms with Crippen LogP contribution in [0.25, 0.3) is 0 Å². The molecule has 2 atom stereocenters. The number of para-hydroxylation sites is 1. The van der Waals surface area contributed by atoms with E-state index in [1.165, 1.54) is 0 Å². The maximum absolute atomic E-state index is 11.8. The van der Waals surface area contributed by atoms with E-state index < -0.39 is 12.2 Å². The molecule has 4 heteroatoms. The number of carbonyl (C=O) groups is 1. The van der Waals surface area contributed by atoms with Gasteiger partial charge in [-0.25, -0.2) is 0 Å². The number of benzene rings is 1. The summed E-state index contributed by atoms with van der Waals surface area (Å²) in [4.78, 5) is 11.8. The molecule has 0 aliphatic heterocycles. The molecule has 0 fully saturated rings. The number of ether oxygens (including phenoxy) is 1. The number of carbonyl (C=O) groups excluding carboxylic acids is 1. The lowest BCUT2D eigenvalue weighted by Crippen LogP contribution is -2.40. The van der Waals surface area contributed by atoms with Crippen LogP contribution in [-0.4, -0.2) is 23.2 Å². The highest BCUT2D eigenvalue weighted by Crippen LogP contribution is 2.27. The van der Waals surface area contributed by atoms with Crippen LogP contribution in [0.2, 0.25) is 0 Å². The molecule has 0 bridgehead atoms. The van der Waals surface area contributed by atoms with Gasteiger partial charge in [0.1, 0.15) is 5.75 Å². The van der Waals surface area contributed by atoms with Gasteiger partial charge in [-0.05, 0) is 33.3 Å². The van der Waals surface area contributed by atoms with E-state index in [1.807, 2.05) is 39.0 Å². The molecule has 1 aromatic rings. The van der Waals surface area contributed by atoms with Crippen LogP contribution >= 0.6 is 0 Å². The summed E-state index contributed by atoms with van der Waals surface area (Å²) in [6.07, 6.45) is -0.559. The van der Waals surface area contributed by atoms with Gasteiger partial charge in [-0.3, -0.25) is 4.79 Å². The Hall–Kier alpha value is -1.55. The van der Waals surface area contributed by atoms with Gasteiger partial charge in [0, 0.05) is 11.6 Å².